The van der Waals surface area contributed by atoms with Crippen LogP contribution in [-0.2, 0) is 11.2 Å². The molecule has 0 fully saturated rings. The monoisotopic (exact) mass is 390 g/mol. The van der Waals surface area contributed by atoms with E-state index in [4.69, 9.17) is 18.9 Å². The summed E-state index contributed by atoms with van der Waals surface area (Å²) in [5.41, 5.74) is 0.823. The Balaban J connectivity index is 1.87. The van der Waals surface area contributed by atoms with Gasteiger partial charge in [-0.15, -0.1) is 0 Å². The average Bonchev–Trinajstić information content (AvgIpc) is 2.71. The first-order chi connectivity index (χ1) is 13.5. The van der Waals surface area contributed by atoms with Gasteiger partial charge in [0.05, 0.1) is 32.3 Å². The zero-order valence-corrected chi connectivity index (χ0v) is 15.9. The smallest absolute Gasteiger partial charge is 0.273 e. The van der Waals surface area contributed by atoms with E-state index in [0.717, 1.165) is 5.56 Å². The third-order valence-corrected chi connectivity index (χ3v) is 3.90. The van der Waals surface area contributed by atoms with Crippen molar-refractivity contribution in [2.45, 2.75) is 6.42 Å². The lowest BCUT2D eigenvalue weighted by Gasteiger charge is -2.11. The number of methoxy groups -OCH3 is 3. The highest BCUT2D eigenvalue weighted by Crippen LogP contribution is 2.31. The van der Waals surface area contributed by atoms with Crippen molar-refractivity contribution >= 4 is 11.6 Å². The van der Waals surface area contributed by atoms with E-state index in [-0.39, 0.29) is 24.0 Å². The van der Waals surface area contributed by atoms with E-state index >= 15 is 0 Å². The van der Waals surface area contributed by atoms with E-state index in [1.165, 1.54) is 25.3 Å². The first kappa shape index (κ1) is 20.8. The third kappa shape index (κ3) is 5.50. The van der Waals surface area contributed by atoms with Crippen molar-refractivity contribution < 1.29 is 28.7 Å². The Labute approximate surface area is 162 Å². The van der Waals surface area contributed by atoms with E-state index in [2.05, 4.69) is 5.32 Å². The Morgan fingerprint density at radius 3 is 2.25 bits per heavy atom. The van der Waals surface area contributed by atoms with E-state index in [1.54, 1.807) is 20.3 Å². The molecule has 0 spiro atoms. The molecule has 9 heteroatoms. The van der Waals surface area contributed by atoms with Gasteiger partial charge in [0.15, 0.2) is 29.6 Å². The van der Waals surface area contributed by atoms with Gasteiger partial charge in [-0.1, -0.05) is 6.07 Å². The minimum atomic E-state index is -0.546. The summed E-state index contributed by atoms with van der Waals surface area (Å²) in [7, 11) is 4.54. The predicted molar refractivity (Wildman–Crippen MR) is 101 cm³/mol. The molecule has 0 heterocycles. The topological polar surface area (TPSA) is 109 Å². The Hall–Kier alpha value is -3.49. The van der Waals surface area contributed by atoms with Crippen molar-refractivity contribution in [1.82, 2.24) is 5.32 Å². The van der Waals surface area contributed by atoms with Crippen LogP contribution in [0.3, 0.4) is 0 Å². The number of nitrogens with zero attached hydrogens (tertiary/aromatic N) is 1. The molecular weight excluding hydrogens is 368 g/mol. The molecule has 0 unspecified atom stereocenters. The van der Waals surface area contributed by atoms with E-state index in [9.17, 15) is 14.9 Å². The molecule has 1 N–H and O–H groups in total. The lowest BCUT2D eigenvalue weighted by Crippen LogP contribution is -2.30. The maximum absolute atomic E-state index is 12.0. The summed E-state index contributed by atoms with van der Waals surface area (Å²) in [5.74, 6) is 1.34. The van der Waals surface area contributed by atoms with Gasteiger partial charge in [-0.25, -0.2) is 0 Å². The number of hydrogen-bond donors (Lipinski definition) is 1. The van der Waals surface area contributed by atoms with Crippen LogP contribution in [0.2, 0.25) is 0 Å². The van der Waals surface area contributed by atoms with Crippen LogP contribution in [0.4, 0.5) is 5.69 Å². The van der Waals surface area contributed by atoms with Crippen LogP contribution >= 0.6 is 0 Å². The summed E-state index contributed by atoms with van der Waals surface area (Å²) in [6, 6.07) is 9.47. The number of nitro groups is 1. The van der Waals surface area contributed by atoms with Gasteiger partial charge in [-0.2, -0.15) is 0 Å². The number of nitrogens with one attached hydrogen (secondary N) is 1. The summed E-state index contributed by atoms with van der Waals surface area (Å²) in [5, 5.41) is 13.6. The number of nitro benzene ring substituents is 1. The molecule has 2 rings (SSSR count). The minimum Gasteiger partial charge on any atom is -0.493 e. The Kier molecular flexibility index (Phi) is 7.44. The molecule has 9 nitrogen and oxygen atoms in total. The molecule has 150 valence electrons. The molecule has 0 aliphatic rings. The van der Waals surface area contributed by atoms with Crippen LogP contribution in [-0.4, -0.2) is 45.3 Å². The van der Waals surface area contributed by atoms with Gasteiger partial charge in [0, 0.05) is 12.6 Å². The first-order valence-corrected chi connectivity index (χ1v) is 8.41. The van der Waals surface area contributed by atoms with Crippen molar-refractivity contribution in [3.05, 3.63) is 52.1 Å². The minimum absolute atomic E-state index is 0.131. The van der Waals surface area contributed by atoms with Gasteiger partial charge in [0.2, 0.25) is 0 Å². The van der Waals surface area contributed by atoms with Gasteiger partial charge < -0.3 is 24.3 Å². The fourth-order valence-electron chi connectivity index (χ4n) is 2.47. The van der Waals surface area contributed by atoms with Gasteiger partial charge in [-0.05, 0) is 30.2 Å². The second-order valence-electron chi connectivity index (χ2n) is 5.67. The molecule has 0 aromatic heterocycles. The lowest BCUT2D eigenvalue weighted by molar-refractivity contribution is -0.385. The number of amides is 1. The van der Waals surface area contributed by atoms with E-state index in [0.29, 0.717) is 30.2 Å². The summed E-state index contributed by atoms with van der Waals surface area (Å²) in [6.07, 6.45) is 0.590. The Morgan fingerprint density at radius 1 is 0.964 bits per heavy atom. The SMILES string of the molecule is COc1ccc(CCNC(=O)COc2cc([N+](=O)[O-])ccc2OC)cc1OC. The number of carbonyl (C=O) groups is 1. The number of non-ortho nitro benzene ring substituents is 1. The van der Waals surface area contributed by atoms with Crippen molar-refractivity contribution in [2.24, 2.45) is 0 Å². The molecule has 0 saturated heterocycles. The standard InChI is InChI=1S/C19H22N2O7/c1-25-15-6-4-13(10-17(15)27-3)8-9-20-19(22)12-28-18-11-14(21(23)24)5-7-16(18)26-2/h4-7,10-11H,8-9,12H2,1-3H3,(H,20,22). The van der Waals surface area contributed by atoms with Crippen LogP contribution in [0.5, 0.6) is 23.0 Å². The molecule has 2 aromatic rings. The maximum atomic E-state index is 12.0. The van der Waals surface area contributed by atoms with Gasteiger partial charge in [-0.3, -0.25) is 14.9 Å². The fraction of sp³-hybridized carbons (Fsp3) is 0.316. The molecule has 0 radical (unpaired) electrons. The number of carbonyl (C=O) groups excluding carboxylic acids is 1. The summed E-state index contributed by atoms with van der Waals surface area (Å²) in [4.78, 5) is 22.3. The first-order valence-electron chi connectivity index (χ1n) is 8.41. The molecule has 1 amide bonds. The lowest BCUT2D eigenvalue weighted by atomic mass is 10.1. The van der Waals surface area contributed by atoms with Crippen LogP contribution in [0.25, 0.3) is 0 Å². The van der Waals surface area contributed by atoms with Crippen LogP contribution in [0.15, 0.2) is 36.4 Å². The van der Waals surface area contributed by atoms with Crippen molar-refractivity contribution in [3.8, 4) is 23.0 Å². The van der Waals surface area contributed by atoms with Gasteiger partial charge in [0.1, 0.15) is 0 Å². The maximum Gasteiger partial charge on any atom is 0.273 e. The molecule has 0 aliphatic heterocycles. The molecule has 0 saturated carbocycles. The second kappa shape index (κ2) is 10.0. The van der Waals surface area contributed by atoms with E-state index < -0.39 is 4.92 Å². The van der Waals surface area contributed by atoms with Crippen molar-refractivity contribution in [3.63, 3.8) is 0 Å². The average molecular weight is 390 g/mol. The molecule has 0 atom stereocenters. The summed E-state index contributed by atoms with van der Waals surface area (Å²) < 4.78 is 20.9. The third-order valence-electron chi connectivity index (χ3n) is 3.90. The summed E-state index contributed by atoms with van der Waals surface area (Å²) >= 11 is 0. The Bertz CT molecular complexity index is 839. The van der Waals surface area contributed by atoms with Crippen molar-refractivity contribution in [2.75, 3.05) is 34.5 Å². The van der Waals surface area contributed by atoms with Crippen LogP contribution < -0.4 is 24.3 Å². The molecule has 2 aromatic carbocycles. The normalized spacial score (nSPS) is 10.1. The van der Waals surface area contributed by atoms with Gasteiger partial charge in [0.25, 0.3) is 11.6 Å². The highest BCUT2D eigenvalue weighted by atomic mass is 16.6. The fourth-order valence-corrected chi connectivity index (χ4v) is 2.47. The molecule has 0 bridgehead atoms. The number of rotatable bonds is 10. The largest absolute Gasteiger partial charge is 0.493 e. The zero-order valence-electron chi connectivity index (χ0n) is 15.9. The van der Waals surface area contributed by atoms with Crippen LogP contribution in [0.1, 0.15) is 5.56 Å². The zero-order chi connectivity index (χ0) is 20.5. The number of benzene rings is 2. The molecular formula is C19H22N2O7. The highest BCUT2D eigenvalue weighted by Gasteiger charge is 2.14. The quantitative estimate of drug-likeness (QED) is 0.490. The van der Waals surface area contributed by atoms with Crippen molar-refractivity contribution in [1.29, 1.82) is 0 Å². The van der Waals surface area contributed by atoms with E-state index in [1.807, 2.05) is 12.1 Å². The number of ether oxygens (including phenoxy) is 4. The second-order valence-corrected chi connectivity index (χ2v) is 5.67. The summed E-state index contributed by atoms with van der Waals surface area (Å²) in [6.45, 7) is 0.104. The predicted octanol–water partition coefficient (Wildman–Crippen LogP) is 2.36. The van der Waals surface area contributed by atoms with Crippen LogP contribution in [0, 0.1) is 10.1 Å². The molecule has 28 heavy (non-hydrogen) atoms. The van der Waals surface area contributed by atoms with Gasteiger partial charge >= 0.3 is 0 Å². The number of hydrogen-bond acceptors (Lipinski definition) is 7. The Morgan fingerprint density at radius 2 is 1.61 bits per heavy atom. The molecule has 0 aliphatic carbocycles. The highest BCUT2D eigenvalue weighted by molar-refractivity contribution is 5.77.